The van der Waals surface area contributed by atoms with Crippen molar-refractivity contribution in [3.8, 4) is 17.0 Å². The minimum atomic E-state index is -0.547. The molecule has 0 saturated carbocycles. The monoisotopic (exact) mass is 405 g/mol. The zero-order valence-corrected chi connectivity index (χ0v) is 15.8. The molecule has 6 heteroatoms. The topological polar surface area (TPSA) is 48.4 Å². The fourth-order valence-corrected chi connectivity index (χ4v) is 3.04. The summed E-state index contributed by atoms with van der Waals surface area (Å²) in [6, 6.07) is 20.7. The molecule has 30 heavy (non-hydrogen) atoms. The maximum Gasteiger partial charge on any atom is 0.339 e. The van der Waals surface area contributed by atoms with Gasteiger partial charge in [0.05, 0.1) is 16.8 Å². The highest BCUT2D eigenvalue weighted by atomic mass is 19.1. The zero-order valence-electron chi connectivity index (χ0n) is 15.8. The molecule has 4 rings (SSSR count). The third-order valence-electron chi connectivity index (χ3n) is 4.49. The van der Waals surface area contributed by atoms with E-state index in [0.29, 0.717) is 27.7 Å². The summed E-state index contributed by atoms with van der Waals surface area (Å²) in [5.41, 5.74) is 2.17. The van der Waals surface area contributed by atoms with E-state index in [2.05, 4.69) is 4.98 Å². The number of rotatable bonds is 6. The molecule has 0 aliphatic carbocycles. The highest BCUT2D eigenvalue weighted by Gasteiger charge is 2.15. The molecule has 0 radical (unpaired) electrons. The Labute approximate surface area is 171 Å². The summed E-state index contributed by atoms with van der Waals surface area (Å²) >= 11 is 0. The van der Waals surface area contributed by atoms with Gasteiger partial charge in [-0.05, 0) is 48.5 Å². The van der Waals surface area contributed by atoms with E-state index in [4.69, 9.17) is 9.47 Å². The molecule has 0 saturated heterocycles. The van der Waals surface area contributed by atoms with Crippen molar-refractivity contribution in [2.75, 3.05) is 13.2 Å². The average Bonchev–Trinajstić information content (AvgIpc) is 2.77. The van der Waals surface area contributed by atoms with Crippen molar-refractivity contribution in [1.82, 2.24) is 4.98 Å². The van der Waals surface area contributed by atoms with Crippen LogP contribution in [0.3, 0.4) is 0 Å². The van der Waals surface area contributed by atoms with E-state index in [1.807, 2.05) is 6.07 Å². The van der Waals surface area contributed by atoms with E-state index in [0.717, 1.165) is 0 Å². The molecule has 0 aliphatic heterocycles. The molecular formula is C24H17F2NO3. The van der Waals surface area contributed by atoms with E-state index in [1.165, 1.54) is 24.3 Å². The lowest BCUT2D eigenvalue weighted by Crippen LogP contribution is -2.13. The Morgan fingerprint density at radius 2 is 1.60 bits per heavy atom. The van der Waals surface area contributed by atoms with Crippen LogP contribution in [0, 0.1) is 11.6 Å². The number of para-hydroxylation sites is 2. The molecule has 3 aromatic carbocycles. The summed E-state index contributed by atoms with van der Waals surface area (Å²) in [6.07, 6.45) is 0. The molecule has 0 spiro atoms. The van der Waals surface area contributed by atoms with Crippen molar-refractivity contribution in [2.45, 2.75) is 0 Å². The maximum absolute atomic E-state index is 13.6. The van der Waals surface area contributed by atoms with Crippen LogP contribution in [0.4, 0.5) is 8.78 Å². The number of benzene rings is 3. The third-order valence-corrected chi connectivity index (χ3v) is 4.49. The molecule has 0 bridgehead atoms. The van der Waals surface area contributed by atoms with Crippen molar-refractivity contribution in [3.05, 3.63) is 96.1 Å². The van der Waals surface area contributed by atoms with E-state index >= 15 is 0 Å². The number of carbonyl (C=O) groups excluding carboxylic acids is 1. The van der Waals surface area contributed by atoms with Gasteiger partial charge in [0.25, 0.3) is 0 Å². The second-order valence-electron chi connectivity index (χ2n) is 6.49. The Morgan fingerprint density at radius 3 is 2.40 bits per heavy atom. The first-order valence-corrected chi connectivity index (χ1v) is 9.32. The van der Waals surface area contributed by atoms with E-state index in [1.54, 1.807) is 48.5 Å². The average molecular weight is 405 g/mol. The molecule has 4 aromatic rings. The summed E-state index contributed by atoms with van der Waals surface area (Å²) in [5, 5.41) is 0.642. The van der Waals surface area contributed by atoms with Crippen molar-refractivity contribution in [3.63, 3.8) is 0 Å². The van der Waals surface area contributed by atoms with Crippen molar-refractivity contribution < 1.29 is 23.0 Å². The van der Waals surface area contributed by atoms with Crippen LogP contribution in [-0.2, 0) is 4.74 Å². The maximum atomic E-state index is 13.6. The number of fused-ring (bicyclic) bond motifs is 1. The van der Waals surface area contributed by atoms with E-state index in [9.17, 15) is 13.6 Å². The third kappa shape index (κ3) is 4.27. The molecule has 1 heterocycles. The quantitative estimate of drug-likeness (QED) is 0.318. The number of halogens is 2. The minimum Gasteiger partial charge on any atom is -0.487 e. The number of aromatic nitrogens is 1. The predicted molar refractivity (Wildman–Crippen MR) is 109 cm³/mol. The standard InChI is InChI=1S/C24H17F2NO3/c25-17-11-9-16(10-12-17)22-15-19(18-5-1-3-7-21(18)27-22)24(28)30-14-13-29-23-8-4-2-6-20(23)26/h1-12,15H,13-14H2. The normalized spacial score (nSPS) is 10.7. The van der Waals surface area contributed by atoms with Crippen LogP contribution in [0.2, 0.25) is 0 Å². The molecular weight excluding hydrogens is 388 g/mol. The van der Waals surface area contributed by atoms with Crippen LogP contribution in [0.15, 0.2) is 78.9 Å². The van der Waals surface area contributed by atoms with E-state index in [-0.39, 0.29) is 24.8 Å². The molecule has 1 aromatic heterocycles. The SMILES string of the molecule is O=C(OCCOc1ccccc1F)c1cc(-c2ccc(F)cc2)nc2ccccc12. The lowest BCUT2D eigenvalue weighted by atomic mass is 10.0. The van der Waals surface area contributed by atoms with Crippen LogP contribution in [0.1, 0.15) is 10.4 Å². The predicted octanol–water partition coefficient (Wildman–Crippen LogP) is 5.42. The van der Waals surface area contributed by atoms with Gasteiger partial charge in [-0.1, -0.05) is 30.3 Å². The van der Waals surface area contributed by atoms with Gasteiger partial charge < -0.3 is 9.47 Å². The van der Waals surface area contributed by atoms with Crippen LogP contribution < -0.4 is 4.74 Å². The van der Waals surface area contributed by atoms with Gasteiger partial charge in [0.1, 0.15) is 19.0 Å². The van der Waals surface area contributed by atoms with Gasteiger partial charge in [-0.15, -0.1) is 0 Å². The highest BCUT2D eigenvalue weighted by Crippen LogP contribution is 2.25. The Kier molecular flexibility index (Phi) is 5.66. The fourth-order valence-electron chi connectivity index (χ4n) is 3.04. The summed E-state index contributed by atoms with van der Waals surface area (Å²) in [4.78, 5) is 17.3. The Hall–Kier alpha value is -3.80. The fraction of sp³-hybridized carbons (Fsp3) is 0.0833. The van der Waals surface area contributed by atoms with Crippen molar-refractivity contribution in [1.29, 1.82) is 0 Å². The van der Waals surface area contributed by atoms with E-state index < -0.39 is 11.8 Å². The van der Waals surface area contributed by atoms with Crippen LogP contribution in [0.5, 0.6) is 5.75 Å². The summed E-state index contributed by atoms with van der Waals surface area (Å²) in [6.45, 7) is -0.0315. The number of carbonyl (C=O) groups is 1. The zero-order chi connectivity index (χ0) is 20.9. The number of esters is 1. The molecule has 0 unspecified atom stereocenters. The van der Waals surface area contributed by atoms with Crippen LogP contribution in [-0.4, -0.2) is 24.2 Å². The first-order chi connectivity index (χ1) is 14.6. The second kappa shape index (κ2) is 8.69. The molecule has 0 atom stereocenters. The van der Waals surface area contributed by atoms with Gasteiger partial charge in [-0.25, -0.2) is 18.6 Å². The smallest absolute Gasteiger partial charge is 0.339 e. The summed E-state index contributed by atoms with van der Waals surface area (Å²) in [5.74, 6) is -1.28. The van der Waals surface area contributed by atoms with Crippen LogP contribution in [0.25, 0.3) is 22.2 Å². The number of hydrogen-bond acceptors (Lipinski definition) is 4. The lowest BCUT2D eigenvalue weighted by Gasteiger charge is -2.11. The number of ether oxygens (including phenoxy) is 2. The number of hydrogen-bond donors (Lipinski definition) is 0. The molecule has 0 N–H and O–H groups in total. The highest BCUT2D eigenvalue weighted by molar-refractivity contribution is 6.04. The molecule has 0 aliphatic rings. The van der Waals surface area contributed by atoms with Crippen molar-refractivity contribution >= 4 is 16.9 Å². The van der Waals surface area contributed by atoms with Gasteiger partial charge in [0.15, 0.2) is 11.6 Å². The van der Waals surface area contributed by atoms with Crippen LogP contribution >= 0.6 is 0 Å². The second-order valence-corrected chi connectivity index (χ2v) is 6.49. The lowest BCUT2D eigenvalue weighted by molar-refractivity contribution is 0.0450. The van der Waals surface area contributed by atoms with Gasteiger partial charge in [-0.2, -0.15) is 0 Å². The Morgan fingerprint density at radius 1 is 0.867 bits per heavy atom. The molecule has 150 valence electrons. The van der Waals surface area contributed by atoms with Gasteiger partial charge in [-0.3, -0.25) is 0 Å². The Balaban J connectivity index is 1.54. The molecule has 0 amide bonds. The first kappa shape index (κ1) is 19.5. The Bertz CT molecular complexity index is 1190. The largest absolute Gasteiger partial charge is 0.487 e. The van der Waals surface area contributed by atoms with Gasteiger partial charge in [0.2, 0.25) is 0 Å². The molecule has 0 fully saturated rings. The summed E-state index contributed by atoms with van der Waals surface area (Å²) < 4.78 is 37.5. The number of pyridine rings is 1. The minimum absolute atomic E-state index is 0.0144. The molecule has 4 nitrogen and oxygen atoms in total. The van der Waals surface area contributed by atoms with Gasteiger partial charge >= 0.3 is 5.97 Å². The van der Waals surface area contributed by atoms with Crippen molar-refractivity contribution in [2.24, 2.45) is 0 Å². The summed E-state index contributed by atoms with van der Waals surface area (Å²) in [7, 11) is 0. The van der Waals surface area contributed by atoms with Gasteiger partial charge in [0, 0.05) is 10.9 Å². The number of nitrogens with zero attached hydrogens (tertiary/aromatic N) is 1. The first-order valence-electron chi connectivity index (χ1n) is 9.32.